The number of aromatic hydroxyl groups is 1. The second kappa shape index (κ2) is 15.5. The predicted molar refractivity (Wildman–Crippen MR) is 216 cm³/mol. The monoisotopic (exact) mass is 876 g/mol. The molecule has 1 N–H and O–H groups in total. The summed E-state index contributed by atoms with van der Waals surface area (Å²) >= 11 is 0. The number of hydrogen-bond donors (Lipinski definition) is 1. The number of phenols is 1. The van der Waals surface area contributed by atoms with Gasteiger partial charge in [-0.25, -0.2) is 4.98 Å². The van der Waals surface area contributed by atoms with Crippen LogP contribution in [0.15, 0.2) is 128 Å². The van der Waals surface area contributed by atoms with Gasteiger partial charge in [0.1, 0.15) is 11.6 Å². The molecule has 0 radical (unpaired) electrons. The Hall–Kier alpha value is -5.12. The maximum absolute atomic E-state index is 11.2. The van der Waals surface area contributed by atoms with Crippen molar-refractivity contribution in [2.24, 2.45) is 0 Å². The zero-order valence-corrected chi connectivity index (χ0v) is 33.6. The van der Waals surface area contributed by atoms with E-state index in [0.717, 1.165) is 50.3 Å². The van der Waals surface area contributed by atoms with Gasteiger partial charge in [0.2, 0.25) is 0 Å². The van der Waals surface area contributed by atoms with Crippen LogP contribution in [-0.4, -0.2) is 20.1 Å². The minimum atomic E-state index is -0.189. The first-order chi connectivity index (χ1) is 25.0. The van der Waals surface area contributed by atoms with Gasteiger partial charge < -0.3 is 10.0 Å². The van der Waals surface area contributed by atoms with Gasteiger partial charge in [-0.15, -0.1) is 29.3 Å². The summed E-state index contributed by atoms with van der Waals surface area (Å²) in [6.45, 7) is 15.5. The van der Waals surface area contributed by atoms with E-state index in [9.17, 15) is 5.11 Å². The summed E-state index contributed by atoms with van der Waals surface area (Å²) in [5.41, 5.74) is 9.71. The quantitative estimate of drug-likeness (QED) is 0.154. The first-order valence-electron chi connectivity index (χ1n) is 18.1. The number of nitrogens with zero attached hydrogens (tertiary/aromatic N) is 4. The SMILES string of the molecule is CC(C)c1cc(-c2ncc(-c3[c-]c(N(c4ccccn4)c4cccc5ccccc45)cc(C(C)(C)C)c3)nc2-c2ccccc2O)cc(C(C)C)c1.[Pt]. The van der Waals surface area contributed by atoms with Gasteiger partial charge in [-0.3, -0.25) is 9.97 Å². The van der Waals surface area contributed by atoms with E-state index in [-0.39, 0.29) is 32.2 Å². The topological polar surface area (TPSA) is 62.1 Å². The molecule has 270 valence electrons. The van der Waals surface area contributed by atoms with E-state index in [2.05, 4.69) is 132 Å². The average molecular weight is 877 g/mol. The number of aromatic nitrogens is 3. The summed E-state index contributed by atoms with van der Waals surface area (Å²) in [4.78, 5) is 17.5. The summed E-state index contributed by atoms with van der Waals surface area (Å²) in [7, 11) is 0. The molecule has 0 aliphatic heterocycles. The molecule has 2 aromatic heterocycles. The third kappa shape index (κ3) is 7.82. The molecule has 0 spiro atoms. The summed E-state index contributed by atoms with van der Waals surface area (Å²) in [5.74, 6) is 1.63. The van der Waals surface area contributed by atoms with E-state index < -0.39 is 0 Å². The zero-order chi connectivity index (χ0) is 36.6. The molecule has 0 aliphatic carbocycles. The second-order valence-electron chi connectivity index (χ2n) is 15.1. The molecule has 7 rings (SSSR count). The van der Waals surface area contributed by atoms with Crippen LogP contribution in [0.3, 0.4) is 0 Å². The Morgan fingerprint density at radius 3 is 2.06 bits per heavy atom. The molecule has 0 bridgehead atoms. The summed E-state index contributed by atoms with van der Waals surface area (Å²) in [6, 6.07) is 43.0. The maximum atomic E-state index is 11.2. The van der Waals surface area contributed by atoms with Crippen LogP contribution < -0.4 is 4.90 Å². The molecular weight excluding hydrogens is 832 g/mol. The maximum Gasteiger partial charge on any atom is 0.136 e. The van der Waals surface area contributed by atoms with Crippen molar-refractivity contribution in [3.8, 4) is 39.5 Å². The third-order valence-corrected chi connectivity index (χ3v) is 9.64. The first kappa shape index (κ1) is 37.6. The molecule has 6 heteroatoms. The fourth-order valence-corrected chi connectivity index (χ4v) is 6.58. The van der Waals surface area contributed by atoms with Crippen molar-refractivity contribution < 1.29 is 26.2 Å². The van der Waals surface area contributed by atoms with E-state index in [4.69, 9.17) is 15.0 Å². The Kier molecular flexibility index (Phi) is 11.0. The Bertz CT molecular complexity index is 2350. The van der Waals surface area contributed by atoms with Crippen LogP contribution in [0.25, 0.3) is 44.5 Å². The number of para-hydroxylation sites is 1. The van der Waals surface area contributed by atoms with Crippen molar-refractivity contribution in [1.82, 2.24) is 15.0 Å². The van der Waals surface area contributed by atoms with Crippen LogP contribution in [0.1, 0.15) is 77.0 Å². The molecule has 5 aromatic carbocycles. The number of rotatable bonds is 8. The molecule has 53 heavy (non-hydrogen) atoms. The molecule has 2 heterocycles. The fourth-order valence-electron chi connectivity index (χ4n) is 6.58. The van der Waals surface area contributed by atoms with Crippen molar-refractivity contribution in [3.05, 3.63) is 150 Å². The van der Waals surface area contributed by atoms with Crippen LogP contribution in [0, 0.1) is 6.07 Å². The molecule has 7 aromatic rings. The third-order valence-electron chi connectivity index (χ3n) is 9.64. The van der Waals surface area contributed by atoms with Crippen LogP contribution in [-0.2, 0) is 26.5 Å². The molecule has 0 unspecified atom stereocenters. The fraction of sp³-hybridized carbons (Fsp3) is 0.213. The Morgan fingerprint density at radius 2 is 1.38 bits per heavy atom. The van der Waals surface area contributed by atoms with Gasteiger partial charge in [0.25, 0.3) is 0 Å². The van der Waals surface area contributed by atoms with Crippen molar-refractivity contribution in [3.63, 3.8) is 0 Å². The van der Waals surface area contributed by atoms with Crippen molar-refractivity contribution >= 4 is 28.0 Å². The molecule has 0 fully saturated rings. The number of hydrogen-bond acceptors (Lipinski definition) is 5. The zero-order valence-electron chi connectivity index (χ0n) is 31.3. The van der Waals surface area contributed by atoms with Gasteiger partial charge in [-0.1, -0.05) is 109 Å². The van der Waals surface area contributed by atoms with Gasteiger partial charge in [-0.05, 0) is 81.9 Å². The number of phenolic OH excluding ortho intramolecular Hbond substituents is 1. The van der Waals surface area contributed by atoms with E-state index >= 15 is 0 Å². The summed E-state index contributed by atoms with van der Waals surface area (Å²) < 4.78 is 0. The standard InChI is InChI=1S/C47H45N4O.Pt/c1-30(2)33-23-34(31(3)4)25-36(24-33)45-46(40-18-10-11-20-43(40)52)50-41(29-49-45)35-26-37(47(5,6)7)28-38(27-35)51(44-21-12-13-22-48-44)42-19-14-16-32-15-8-9-17-39(32)42;/h8-26,28-31,52H,1-7H3;/q-1;. The van der Waals surface area contributed by atoms with Crippen molar-refractivity contribution in [2.45, 2.75) is 65.7 Å². The molecule has 0 aliphatic rings. The van der Waals surface area contributed by atoms with Gasteiger partial charge in [0.15, 0.2) is 0 Å². The smallest absolute Gasteiger partial charge is 0.136 e. The Balaban J connectivity index is 0.00000481. The van der Waals surface area contributed by atoms with Crippen LogP contribution >= 0.6 is 0 Å². The van der Waals surface area contributed by atoms with E-state index in [1.807, 2.05) is 48.8 Å². The van der Waals surface area contributed by atoms with E-state index in [1.54, 1.807) is 6.07 Å². The van der Waals surface area contributed by atoms with Crippen LogP contribution in [0.5, 0.6) is 5.75 Å². The minimum Gasteiger partial charge on any atom is -0.507 e. The van der Waals surface area contributed by atoms with E-state index in [0.29, 0.717) is 28.8 Å². The van der Waals surface area contributed by atoms with Crippen molar-refractivity contribution in [1.29, 1.82) is 0 Å². The molecule has 0 amide bonds. The molecule has 0 saturated carbocycles. The van der Waals surface area contributed by atoms with Gasteiger partial charge in [0, 0.05) is 55.7 Å². The summed E-state index contributed by atoms with van der Waals surface area (Å²) in [6.07, 6.45) is 3.67. The number of anilines is 3. The molecular formula is C47H45N4OPt-. The average Bonchev–Trinajstić information content (AvgIpc) is 3.15. The van der Waals surface area contributed by atoms with Crippen LogP contribution in [0.2, 0.25) is 0 Å². The second-order valence-corrected chi connectivity index (χ2v) is 15.1. The molecule has 0 atom stereocenters. The van der Waals surface area contributed by atoms with E-state index in [1.165, 1.54) is 11.1 Å². The van der Waals surface area contributed by atoms with Crippen LogP contribution in [0.4, 0.5) is 17.2 Å². The first-order valence-corrected chi connectivity index (χ1v) is 18.1. The van der Waals surface area contributed by atoms with Gasteiger partial charge in [-0.2, -0.15) is 0 Å². The largest absolute Gasteiger partial charge is 0.507 e. The predicted octanol–water partition coefficient (Wildman–Crippen LogP) is 12.5. The normalized spacial score (nSPS) is 11.6. The number of benzene rings is 5. The molecule has 0 saturated heterocycles. The number of pyridine rings is 1. The van der Waals surface area contributed by atoms with Crippen molar-refractivity contribution in [2.75, 3.05) is 4.90 Å². The summed E-state index contributed by atoms with van der Waals surface area (Å²) in [5, 5.41) is 13.5. The molecule has 5 nitrogen and oxygen atoms in total. The van der Waals surface area contributed by atoms with Gasteiger partial charge in [0.05, 0.1) is 17.1 Å². The number of fused-ring (bicyclic) bond motifs is 1. The minimum absolute atomic E-state index is 0. The Labute approximate surface area is 328 Å². The Morgan fingerprint density at radius 1 is 0.698 bits per heavy atom. The van der Waals surface area contributed by atoms with Gasteiger partial charge >= 0.3 is 0 Å².